The minimum Gasteiger partial charge on any atom is -0.481 e. The highest BCUT2D eigenvalue weighted by Crippen LogP contribution is 2.45. The molecule has 7 nitrogen and oxygen atoms in total. The fourth-order valence-corrected chi connectivity index (χ4v) is 5.59. The van der Waals surface area contributed by atoms with E-state index in [-0.39, 0.29) is 43.1 Å². The Bertz CT molecular complexity index is 1090. The number of carbonyl (C=O) groups excluding carboxylic acids is 2. The number of rotatable bonds is 9. The summed E-state index contributed by atoms with van der Waals surface area (Å²) in [5, 5.41) is 11.9. The Kier molecular flexibility index (Phi) is 6.26. The summed E-state index contributed by atoms with van der Waals surface area (Å²) in [6.45, 7) is 3.37. The summed E-state index contributed by atoms with van der Waals surface area (Å²) < 4.78 is 5.74. The third kappa shape index (κ3) is 4.90. The van der Waals surface area contributed by atoms with E-state index < -0.39 is 17.6 Å². The maximum atomic E-state index is 12.9. The normalized spacial score (nSPS) is 18.7. The van der Waals surface area contributed by atoms with Crippen LogP contribution in [0.1, 0.15) is 56.1 Å². The van der Waals surface area contributed by atoms with Gasteiger partial charge in [0.1, 0.15) is 6.61 Å². The number of carboxylic acids is 1. The van der Waals surface area contributed by atoms with Crippen LogP contribution in [-0.4, -0.2) is 53.2 Å². The first-order chi connectivity index (χ1) is 16.8. The van der Waals surface area contributed by atoms with E-state index in [0.29, 0.717) is 19.5 Å². The number of benzene rings is 2. The molecule has 3 aliphatic rings. The van der Waals surface area contributed by atoms with E-state index >= 15 is 0 Å². The zero-order valence-corrected chi connectivity index (χ0v) is 20.0. The van der Waals surface area contributed by atoms with Crippen LogP contribution in [0.2, 0.25) is 0 Å². The maximum absolute atomic E-state index is 12.9. The summed E-state index contributed by atoms with van der Waals surface area (Å²) in [6.07, 6.45) is 2.43. The monoisotopic (exact) mass is 476 g/mol. The summed E-state index contributed by atoms with van der Waals surface area (Å²) in [7, 11) is 0. The molecular weight excluding hydrogens is 444 g/mol. The molecule has 7 heteroatoms. The first-order valence-electron chi connectivity index (χ1n) is 12.5. The topological polar surface area (TPSA) is 95.9 Å². The van der Waals surface area contributed by atoms with E-state index in [0.717, 1.165) is 24.0 Å². The largest absolute Gasteiger partial charge is 0.481 e. The molecule has 2 N–H and O–H groups in total. The number of nitrogens with zero attached hydrogens (tertiary/aromatic N) is 1. The zero-order valence-electron chi connectivity index (χ0n) is 20.0. The van der Waals surface area contributed by atoms with Gasteiger partial charge in [0.15, 0.2) is 0 Å². The fourth-order valence-electron chi connectivity index (χ4n) is 5.59. The minimum absolute atomic E-state index is 0.00456. The van der Waals surface area contributed by atoms with Crippen molar-refractivity contribution in [2.24, 2.45) is 11.8 Å². The second-order valence-electron chi connectivity index (χ2n) is 10.4. The lowest BCUT2D eigenvalue weighted by Crippen LogP contribution is -2.55. The lowest BCUT2D eigenvalue weighted by atomic mass is 9.88. The van der Waals surface area contributed by atoms with Gasteiger partial charge in [0.05, 0.1) is 12.0 Å². The van der Waals surface area contributed by atoms with Crippen LogP contribution in [0.4, 0.5) is 4.79 Å². The highest BCUT2D eigenvalue weighted by molar-refractivity contribution is 5.80. The van der Waals surface area contributed by atoms with Crippen molar-refractivity contribution < 1.29 is 24.2 Å². The maximum Gasteiger partial charge on any atom is 0.407 e. The number of nitrogens with one attached hydrogen (secondary N) is 1. The number of carboxylic acid groups (broad SMARTS) is 1. The van der Waals surface area contributed by atoms with E-state index in [1.54, 1.807) is 4.90 Å². The van der Waals surface area contributed by atoms with Crippen LogP contribution >= 0.6 is 0 Å². The average molecular weight is 477 g/mol. The molecule has 5 rings (SSSR count). The van der Waals surface area contributed by atoms with Gasteiger partial charge in [-0.2, -0.15) is 0 Å². The number of ether oxygens (including phenoxy) is 1. The molecule has 1 unspecified atom stereocenters. The van der Waals surface area contributed by atoms with Crippen LogP contribution in [0.15, 0.2) is 48.5 Å². The van der Waals surface area contributed by atoms with Crippen LogP contribution in [0.5, 0.6) is 0 Å². The fraction of sp³-hybridized carbons (Fsp3) is 0.464. The molecule has 0 bridgehead atoms. The summed E-state index contributed by atoms with van der Waals surface area (Å²) in [6, 6.07) is 16.4. The standard InChI is InChI=1S/C28H32N2O5/c1-28(19-11-12-19,14-25(31)30-15-18(16-30)10-13-26(32)33)29-27(34)35-17-24-22-8-4-2-6-20(22)21-7-3-5-9-23(21)24/h2-9,18-19,24H,10-17H2,1H3,(H,29,34)(H,32,33). The third-order valence-electron chi connectivity index (χ3n) is 7.80. The minimum atomic E-state index is -0.802. The van der Waals surface area contributed by atoms with E-state index in [2.05, 4.69) is 29.6 Å². The lowest BCUT2D eigenvalue weighted by molar-refractivity contribution is -0.140. The molecule has 2 aliphatic carbocycles. The van der Waals surface area contributed by atoms with Crippen molar-refractivity contribution in [1.82, 2.24) is 10.2 Å². The second-order valence-corrected chi connectivity index (χ2v) is 10.4. The molecule has 2 aromatic carbocycles. The van der Waals surface area contributed by atoms with Crippen molar-refractivity contribution in [2.75, 3.05) is 19.7 Å². The van der Waals surface area contributed by atoms with Gasteiger partial charge in [0, 0.05) is 25.4 Å². The van der Waals surface area contributed by atoms with Crippen LogP contribution in [0, 0.1) is 11.8 Å². The first kappa shape index (κ1) is 23.4. The average Bonchev–Trinajstić information content (AvgIpc) is 3.60. The molecule has 0 aromatic heterocycles. The smallest absolute Gasteiger partial charge is 0.407 e. The SMILES string of the molecule is CC(CC(=O)N1CC(CCC(=O)O)C1)(NC(=O)OCC1c2ccccc2-c2ccccc21)C1CC1. The van der Waals surface area contributed by atoms with Crippen LogP contribution in [-0.2, 0) is 14.3 Å². The quantitative estimate of drug-likeness (QED) is 0.559. The number of carbonyl (C=O) groups is 3. The zero-order chi connectivity index (χ0) is 24.6. The highest BCUT2D eigenvalue weighted by Gasteiger charge is 2.46. The summed E-state index contributed by atoms with van der Waals surface area (Å²) in [4.78, 5) is 38.3. The van der Waals surface area contributed by atoms with E-state index in [1.807, 2.05) is 31.2 Å². The van der Waals surface area contributed by atoms with E-state index in [1.165, 1.54) is 11.1 Å². The highest BCUT2D eigenvalue weighted by atomic mass is 16.5. The molecule has 2 aromatic rings. The Morgan fingerprint density at radius 2 is 1.63 bits per heavy atom. The molecular formula is C28H32N2O5. The number of amides is 2. The van der Waals surface area contributed by atoms with Gasteiger partial charge in [-0.15, -0.1) is 0 Å². The summed E-state index contributed by atoms with van der Waals surface area (Å²) in [5.74, 6) is -0.299. The molecule has 184 valence electrons. The number of aliphatic carboxylic acids is 1. The predicted molar refractivity (Wildman–Crippen MR) is 131 cm³/mol. The van der Waals surface area contributed by atoms with Crippen molar-refractivity contribution in [3.8, 4) is 11.1 Å². The van der Waals surface area contributed by atoms with Crippen molar-refractivity contribution in [2.45, 2.75) is 50.5 Å². The Hall–Kier alpha value is -3.35. The van der Waals surface area contributed by atoms with Crippen LogP contribution in [0.3, 0.4) is 0 Å². The summed E-state index contributed by atoms with van der Waals surface area (Å²) >= 11 is 0. The van der Waals surface area contributed by atoms with Crippen molar-refractivity contribution in [1.29, 1.82) is 0 Å². The number of hydrogen-bond acceptors (Lipinski definition) is 4. The van der Waals surface area contributed by atoms with E-state index in [4.69, 9.17) is 9.84 Å². The van der Waals surface area contributed by atoms with Gasteiger partial charge in [0.2, 0.25) is 5.91 Å². The number of hydrogen-bond donors (Lipinski definition) is 2. The van der Waals surface area contributed by atoms with Crippen molar-refractivity contribution in [3.05, 3.63) is 59.7 Å². The van der Waals surface area contributed by atoms with Crippen molar-refractivity contribution in [3.63, 3.8) is 0 Å². The molecule has 0 spiro atoms. The first-order valence-corrected chi connectivity index (χ1v) is 12.5. The van der Waals surface area contributed by atoms with Crippen LogP contribution in [0.25, 0.3) is 11.1 Å². The van der Waals surface area contributed by atoms with Gasteiger partial charge in [-0.25, -0.2) is 4.79 Å². The molecule has 2 fully saturated rings. The van der Waals surface area contributed by atoms with E-state index in [9.17, 15) is 14.4 Å². The molecule has 1 aliphatic heterocycles. The molecule has 1 saturated heterocycles. The van der Waals surface area contributed by atoms with Gasteiger partial charge >= 0.3 is 12.1 Å². The van der Waals surface area contributed by atoms with Crippen molar-refractivity contribution >= 4 is 18.0 Å². The van der Waals surface area contributed by atoms with Crippen LogP contribution < -0.4 is 5.32 Å². The Labute approximate surface area is 205 Å². The van der Waals surface area contributed by atoms with Gasteiger partial charge in [-0.1, -0.05) is 48.5 Å². The molecule has 0 radical (unpaired) electrons. The second kappa shape index (κ2) is 9.36. The molecule has 1 saturated carbocycles. The molecule has 1 heterocycles. The van der Waals surface area contributed by atoms with Gasteiger partial charge in [-0.3, -0.25) is 9.59 Å². The number of fused-ring (bicyclic) bond motifs is 3. The molecule has 35 heavy (non-hydrogen) atoms. The van der Waals surface area contributed by atoms with Gasteiger partial charge < -0.3 is 20.1 Å². The van der Waals surface area contributed by atoms with Gasteiger partial charge in [-0.05, 0) is 60.3 Å². The number of likely N-dealkylation sites (tertiary alicyclic amines) is 1. The Morgan fingerprint density at radius 1 is 1.03 bits per heavy atom. The molecule has 1 atom stereocenters. The third-order valence-corrected chi connectivity index (χ3v) is 7.80. The van der Waals surface area contributed by atoms with Gasteiger partial charge in [0.25, 0.3) is 0 Å². The number of alkyl carbamates (subject to hydrolysis) is 1. The Balaban J connectivity index is 1.17. The lowest BCUT2D eigenvalue weighted by Gasteiger charge is -2.41. The Morgan fingerprint density at radius 3 is 2.20 bits per heavy atom. The summed E-state index contributed by atoms with van der Waals surface area (Å²) in [5.41, 5.74) is 4.04. The molecule has 2 amide bonds. The predicted octanol–water partition coefficient (Wildman–Crippen LogP) is 4.41.